The van der Waals surface area contributed by atoms with Crippen molar-refractivity contribution < 1.29 is 14.3 Å². The van der Waals surface area contributed by atoms with Crippen molar-refractivity contribution in [2.24, 2.45) is 0 Å². The Morgan fingerprint density at radius 1 is 1.19 bits per heavy atom. The maximum Gasteiger partial charge on any atom is 0.325 e. The molecule has 3 rings (SSSR count). The molecule has 1 saturated heterocycles. The predicted molar refractivity (Wildman–Crippen MR) is 95.4 cm³/mol. The summed E-state index contributed by atoms with van der Waals surface area (Å²) in [6.07, 6.45) is 0. The first-order valence-corrected chi connectivity index (χ1v) is 8.28. The quantitative estimate of drug-likeness (QED) is 0.842. The van der Waals surface area contributed by atoms with Crippen molar-refractivity contribution in [3.05, 3.63) is 65.2 Å². The van der Waals surface area contributed by atoms with Crippen molar-refractivity contribution in [3.63, 3.8) is 0 Å². The van der Waals surface area contributed by atoms with Gasteiger partial charge in [-0.2, -0.15) is 5.26 Å². The van der Waals surface area contributed by atoms with Gasteiger partial charge in [-0.25, -0.2) is 4.79 Å². The Balaban J connectivity index is 1.69. The molecule has 6 heteroatoms. The zero-order valence-electron chi connectivity index (χ0n) is 14.7. The van der Waals surface area contributed by atoms with Gasteiger partial charge in [0, 0.05) is 0 Å². The van der Waals surface area contributed by atoms with Gasteiger partial charge in [0.2, 0.25) is 0 Å². The van der Waals surface area contributed by atoms with E-state index in [1.54, 1.807) is 31.2 Å². The van der Waals surface area contributed by atoms with Crippen LogP contribution in [0.3, 0.4) is 0 Å². The summed E-state index contributed by atoms with van der Waals surface area (Å²) >= 11 is 0. The van der Waals surface area contributed by atoms with Gasteiger partial charge in [-0.3, -0.25) is 9.69 Å². The van der Waals surface area contributed by atoms with Gasteiger partial charge in [-0.05, 0) is 49.2 Å². The van der Waals surface area contributed by atoms with Gasteiger partial charge in [0.15, 0.2) is 0 Å². The number of imide groups is 1. The molecule has 26 heavy (non-hydrogen) atoms. The van der Waals surface area contributed by atoms with Crippen LogP contribution in [0.4, 0.5) is 4.79 Å². The summed E-state index contributed by atoms with van der Waals surface area (Å²) in [6, 6.07) is 15.8. The second-order valence-electron chi connectivity index (χ2n) is 6.37. The Bertz CT molecular complexity index is 886. The molecule has 1 unspecified atom stereocenters. The second kappa shape index (κ2) is 6.89. The standard InChI is InChI=1S/C20H19N3O3/c1-14-4-3-5-17(12-14)26-11-10-23-18(24)20(2,22-19(23)25)16-8-6-15(13-21)7-9-16/h3-9,12H,10-11H2,1-2H3,(H,22,25). The van der Waals surface area contributed by atoms with Crippen molar-refractivity contribution in [2.75, 3.05) is 13.2 Å². The summed E-state index contributed by atoms with van der Waals surface area (Å²) in [4.78, 5) is 26.3. The molecule has 1 aliphatic heterocycles. The number of aryl methyl sites for hydroxylation is 1. The van der Waals surface area contributed by atoms with E-state index in [4.69, 9.17) is 10.00 Å². The van der Waals surface area contributed by atoms with Crippen LogP contribution in [0.1, 0.15) is 23.6 Å². The number of hydrogen-bond donors (Lipinski definition) is 1. The first kappa shape index (κ1) is 17.5. The molecule has 1 N–H and O–H groups in total. The molecule has 2 aromatic rings. The van der Waals surface area contributed by atoms with Crippen LogP contribution in [0.15, 0.2) is 48.5 Å². The fraction of sp³-hybridized carbons (Fsp3) is 0.250. The summed E-state index contributed by atoms with van der Waals surface area (Å²) in [7, 11) is 0. The van der Waals surface area contributed by atoms with Gasteiger partial charge < -0.3 is 10.1 Å². The molecule has 1 atom stereocenters. The topological polar surface area (TPSA) is 82.4 Å². The number of nitrogens with one attached hydrogen (secondary N) is 1. The summed E-state index contributed by atoms with van der Waals surface area (Å²) < 4.78 is 5.64. The lowest BCUT2D eigenvalue weighted by atomic mass is 9.91. The number of benzene rings is 2. The normalized spacial score (nSPS) is 19.2. The molecule has 0 saturated carbocycles. The third-order valence-electron chi connectivity index (χ3n) is 4.44. The van der Waals surface area contributed by atoms with E-state index in [0.717, 1.165) is 10.5 Å². The Hall–Kier alpha value is -3.33. The van der Waals surface area contributed by atoms with E-state index in [1.165, 1.54) is 0 Å². The first-order valence-electron chi connectivity index (χ1n) is 8.28. The average Bonchev–Trinajstić information content (AvgIpc) is 2.86. The summed E-state index contributed by atoms with van der Waals surface area (Å²) in [5, 5.41) is 11.6. The number of urea groups is 1. The number of hydrogen-bond acceptors (Lipinski definition) is 4. The maximum absolute atomic E-state index is 12.8. The summed E-state index contributed by atoms with van der Waals surface area (Å²) in [5.74, 6) is 0.368. The molecule has 2 aromatic carbocycles. The van der Waals surface area contributed by atoms with Gasteiger partial charge in [-0.15, -0.1) is 0 Å². The SMILES string of the molecule is Cc1cccc(OCCN2C(=O)NC(C)(c3ccc(C#N)cc3)C2=O)c1. The van der Waals surface area contributed by atoms with Crippen LogP contribution in [0.2, 0.25) is 0 Å². The van der Waals surface area contributed by atoms with Crippen LogP contribution in [-0.2, 0) is 10.3 Å². The van der Waals surface area contributed by atoms with Crippen LogP contribution in [0, 0.1) is 18.3 Å². The molecule has 132 valence electrons. The van der Waals surface area contributed by atoms with Crippen LogP contribution in [0.25, 0.3) is 0 Å². The molecule has 6 nitrogen and oxygen atoms in total. The van der Waals surface area contributed by atoms with Crippen molar-refractivity contribution in [1.82, 2.24) is 10.2 Å². The smallest absolute Gasteiger partial charge is 0.325 e. The highest BCUT2D eigenvalue weighted by Gasteiger charge is 2.48. The Morgan fingerprint density at radius 3 is 2.58 bits per heavy atom. The van der Waals surface area contributed by atoms with Crippen molar-refractivity contribution >= 4 is 11.9 Å². The fourth-order valence-corrected chi connectivity index (χ4v) is 2.93. The predicted octanol–water partition coefficient (Wildman–Crippen LogP) is 2.71. The molecule has 1 heterocycles. The molecular weight excluding hydrogens is 330 g/mol. The lowest BCUT2D eigenvalue weighted by molar-refractivity contribution is -0.131. The highest BCUT2D eigenvalue weighted by molar-refractivity contribution is 6.07. The Morgan fingerprint density at radius 2 is 1.92 bits per heavy atom. The van der Waals surface area contributed by atoms with Gasteiger partial charge >= 0.3 is 6.03 Å². The van der Waals surface area contributed by atoms with Crippen molar-refractivity contribution in [2.45, 2.75) is 19.4 Å². The minimum absolute atomic E-state index is 0.157. The zero-order chi connectivity index (χ0) is 18.7. The van der Waals surface area contributed by atoms with Gasteiger partial charge in [0.25, 0.3) is 5.91 Å². The van der Waals surface area contributed by atoms with E-state index < -0.39 is 11.6 Å². The van der Waals surface area contributed by atoms with E-state index in [-0.39, 0.29) is 19.1 Å². The van der Waals surface area contributed by atoms with Crippen molar-refractivity contribution in [3.8, 4) is 11.8 Å². The number of carbonyl (C=O) groups is 2. The monoisotopic (exact) mass is 349 g/mol. The number of nitrogens with zero attached hydrogens (tertiary/aromatic N) is 2. The minimum Gasteiger partial charge on any atom is -0.492 e. The second-order valence-corrected chi connectivity index (χ2v) is 6.37. The van der Waals surface area contributed by atoms with Crippen LogP contribution in [-0.4, -0.2) is 30.0 Å². The minimum atomic E-state index is -1.14. The van der Waals surface area contributed by atoms with E-state index >= 15 is 0 Å². The third-order valence-corrected chi connectivity index (χ3v) is 4.44. The number of amides is 3. The highest BCUT2D eigenvalue weighted by Crippen LogP contribution is 2.29. The highest BCUT2D eigenvalue weighted by atomic mass is 16.5. The average molecular weight is 349 g/mol. The number of rotatable bonds is 5. The van der Waals surface area contributed by atoms with Crippen LogP contribution < -0.4 is 10.1 Å². The molecule has 0 spiro atoms. The Labute approximate surface area is 152 Å². The molecular formula is C20H19N3O3. The molecule has 1 aliphatic rings. The maximum atomic E-state index is 12.8. The van der Waals surface area contributed by atoms with E-state index in [1.807, 2.05) is 37.3 Å². The first-order chi connectivity index (χ1) is 12.4. The Kier molecular flexibility index (Phi) is 4.63. The van der Waals surface area contributed by atoms with Gasteiger partial charge in [0.05, 0.1) is 18.2 Å². The van der Waals surface area contributed by atoms with Gasteiger partial charge in [0.1, 0.15) is 17.9 Å². The van der Waals surface area contributed by atoms with Crippen LogP contribution >= 0.6 is 0 Å². The van der Waals surface area contributed by atoms with E-state index in [0.29, 0.717) is 16.9 Å². The van der Waals surface area contributed by atoms with E-state index in [9.17, 15) is 9.59 Å². The molecule has 0 radical (unpaired) electrons. The third kappa shape index (κ3) is 3.24. The summed E-state index contributed by atoms with van der Waals surface area (Å²) in [5.41, 5.74) is 1.06. The molecule has 0 aromatic heterocycles. The van der Waals surface area contributed by atoms with E-state index in [2.05, 4.69) is 5.32 Å². The molecule has 0 bridgehead atoms. The van der Waals surface area contributed by atoms with Gasteiger partial charge in [-0.1, -0.05) is 24.3 Å². The molecule has 1 fully saturated rings. The number of nitriles is 1. The summed E-state index contributed by atoms with van der Waals surface area (Å²) in [6.45, 7) is 4.00. The van der Waals surface area contributed by atoms with Crippen molar-refractivity contribution in [1.29, 1.82) is 5.26 Å². The molecule has 0 aliphatic carbocycles. The fourth-order valence-electron chi connectivity index (χ4n) is 2.93. The molecule has 3 amide bonds. The number of ether oxygens (including phenoxy) is 1. The number of carbonyl (C=O) groups excluding carboxylic acids is 2. The zero-order valence-corrected chi connectivity index (χ0v) is 14.7. The lowest BCUT2D eigenvalue weighted by Gasteiger charge is -2.22. The van der Waals surface area contributed by atoms with Crippen LogP contribution in [0.5, 0.6) is 5.75 Å². The lowest BCUT2D eigenvalue weighted by Crippen LogP contribution is -2.41. The largest absolute Gasteiger partial charge is 0.492 e.